The second-order valence-electron chi connectivity index (χ2n) is 7.55. The lowest BCUT2D eigenvalue weighted by Gasteiger charge is -2.24. The number of nitrogens with one attached hydrogen (secondary N) is 1. The number of hydrogen-bond donors (Lipinski definition) is 2. The predicted molar refractivity (Wildman–Crippen MR) is 112 cm³/mol. The third-order valence-electron chi connectivity index (χ3n) is 5.69. The van der Waals surface area contributed by atoms with Gasteiger partial charge in [-0.15, -0.1) is 0 Å². The Labute approximate surface area is 170 Å². The summed E-state index contributed by atoms with van der Waals surface area (Å²) in [6.45, 7) is 1.93. The van der Waals surface area contributed by atoms with E-state index in [1.807, 2.05) is 49.4 Å². The fourth-order valence-corrected chi connectivity index (χ4v) is 4.27. The lowest BCUT2D eigenvalue weighted by Crippen LogP contribution is -2.27. The molecular formula is C23H26ClNO3. The van der Waals surface area contributed by atoms with Crippen LogP contribution in [0.5, 0.6) is 0 Å². The van der Waals surface area contributed by atoms with Crippen LogP contribution in [-0.4, -0.2) is 17.0 Å². The molecule has 0 heterocycles. The summed E-state index contributed by atoms with van der Waals surface area (Å²) in [5.41, 5.74) is 3.63. The Hall–Kier alpha value is -2.33. The molecule has 1 aliphatic rings. The minimum absolute atomic E-state index is 0.00675. The summed E-state index contributed by atoms with van der Waals surface area (Å²) in [5.74, 6) is -0.705. The van der Waals surface area contributed by atoms with Gasteiger partial charge in [0.25, 0.3) is 0 Å². The highest BCUT2D eigenvalue weighted by Crippen LogP contribution is 2.38. The van der Waals surface area contributed by atoms with Crippen LogP contribution in [0.25, 0.3) is 0 Å². The molecular weight excluding hydrogens is 374 g/mol. The summed E-state index contributed by atoms with van der Waals surface area (Å²) >= 11 is 6.03. The maximum absolute atomic E-state index is 13.3. The van der Waals surface area contributed by atoms with E-state index >= 15 is 0 Å². The zero-order chi connectivity index (χ0) is 20.1. The molecule has 0 aliphatic heterocycles. The van der Waals surface area contributed by atoms with Crippen LogP contribution >= 0.6 is 11.6 Å². The van der Waals surface area contributed by atoms with Crippen molar-refractivity contribution >= 4 is 29.2 Å². The SMILES string of the molecule is Cc1c(CCC(=O)O)cccc1NC(=O)[C@H](c1ccc(Cl)cc1)C1CCCC1. The average Bonchev–Trinajstić information content (AvgIpc) is 3.18. The maximum atomic E-state index is 13.3. The Bertz CT molecular complexity index is 841. The van der Waals surface area contributed by atoms with Crippen LogP contribution in [0, 0.1) is 12.8 Å². The first-order chi connectivity index (χ1) is 13.5. The number of carboxylic acids is 1. The number of aliphatic carboxylic acids is 1. The molecule has 3 rings (SSSR count). The second-order valence-corrected chi connectivity index (χ2v) is 7.98. The van der Waals surface area contributed by atoms with E-state index in [2.05, 4.69) is 5.32 Å². The first-order valence-electron chi connectivity index (χ1n) is 9.82. The van der Waals surface area contributed by atoms with E-state index in [-0.39, 0.29) is 18.2 Å². The molecule has 0 bridgehead atoms. The molecule has 148 valence electrons. The van der Waals surface area contributed by atoms with Gasteiger partial charge in [0.15, 0.2) is 0 Å². The van der Waals surface area contributed by atoms with E-state index < -0.39 is 5.97 Å². The number of halogens is 1. The third kappa shape index (κ3) is 4.93. The number of rotatable bonds is 7. The Kier molecular flexibility index (Phi) is 6.74. The largest absolute Gasteiger partial charge is 0.481 e. The summed E-state index contributed by atoms with van der Waals surface area (Å²) in [4.78, 5) is 24.2. The third-order valence-corrected chi connectivity index (χ3v) is 5.95. The Balaban J connectivity index is 1.83. The molecule has 1 saturated carbocycles. The Morgan fingerprint density at radius 2 is 1.82 bits per heavy atom. The van der Waals surface area contributed by atoms with E-state index in [0.717, 1.165) is 48.1 Å². The maximum Gasteiger partial charge on any atom is 0.303 e. The van der Waals surface area contributed by atoms with Crippen LogP contribution in [0.2, 0.25) is 5.02 Å². The molecule has 0 aromatic heterocycles. The van der Waals surface area contributed by atoms with Gasteiger partial charge < -0.3 is 10.4 Å². The van der Waals surface area contributed by atoms with Crippen LogP contribution < -0.4 is 5.32 Å². The highest BCUT2D eigenvalue weighted by Gasteiger charge is 2.32. The quantitative estimate of drug-likeness (QED) is 0.638. The highest BCUT2D eigenvalue weighted by molar-refractivity contribution is 6.30. The van der Waals surface area contributed by atoms with Gasteiger partial charge in [-0.05, 0) is 67.0 Å². The molecule has 0 radical (unpaired) electrons. The van der Waals surface area contributed by atoms with Crippen molar-refractivity contribution in [3.05, 3.63) is 64.2 Å². The van der Waals surface area contributed by atoms with E-state index in [1.165, 1.54) is 0 Å². The molecule has 0 spiro atoms. The van der Waals surface area contributed by atoms with Crippen molar-refractivity contribution in [2.45, 2.75) is 51.4 Å². The zero-order valence-corrected chi connectivity index (χ0v) is 16.8. The van der Waals surface area contributed by atoms with Crippen molar-refractivity contribution in [1.82, 2.24) is 0 Å². The van der Waals surface area contributed by atoms with Crippen molar-refractivity contribution in [2.75, 3.05) is 5.32 Å². The first-order valence-corrected chi connectivity index (χ1v) is 10.2. The molecule has 1 aliphatic carbocycles. The minimum atomic E-state index is -0.821. The standard InChI is InChI=1S/C23H26ClNO3/c1-15-16(11-14-21(26)27)7-4-8-20(15)25-23(28)22(17-5-2-3-6-17)18-9-12-19(24)13-10-18/h4,7-10,12-13,17,22H,2-3,5-6,11,14H2,1H3,(H,25,28)(H,26,27)/t22-/m0/s1. The van der Waals surface area contributed by atoms with Crippen LogP contribution in [0.3, 0.4) is 0 Å². The molecule has 28 heavy (non-hydrogen) atoms. The van der Waals surface area contributed by atoms with Gasteiger partial charge >= 0.3 is 5.97 Å². The molecule has 2 N–H and O–H groups in total. The van der Waals surface area contributed by atoms with Crippen LogP contribution in [0.4, 0.5) is 5.69 Å². The normalized spacial score (nSPS) is 15.4. The number of anilines is 1. The molecule has 0 unspecified atom stereocenters. The van der Waals surface area contributed by atoms with Gasteiger partial charge in [-0.25, -0.2) is 0 Å². The number of amides is 1. The van der Waals surface area contributed by atoms with Crippen LogP contribution in [0.1, 0.15) is 54.7 Å². The summed E-state index contributed by atoms with van der Waals surface area (Å²) in [5, 5.41) is 12.7. The minimum Gasteiger partial charge on any atom is -0.481 e. The molecule has 5 heteroatoms. The fraction of sp³-hybridized carbons (Fsp3) is 0.391. The van der Waals surface area contributed by atoms with Crippen LogP contribution in [0.15, 0.2) is 42.5 Å². The highest BCUT2D eigenvalue weighted by atomic mass is 35.5. The van der Waals surface area contributed by atoms with Gasteiger partial charge in [0, 0.05) is 17.1 Å². The molecule has 2 aromatic rings. The zero-order valence-electron chi connectivity index (χ0n) is 16.1. The van der Waals surface area contributed by atoms with Crippen molar-refractivity contribution in [2.24, 2.45) is 5.92 Å². The van der Waals surface area contributed by atoms with Crippen molar-refractivity contribution < 1.29 is 14.7 Å². The van der Waals surface area contributed by atoms with Gasteiger partial charge in [0.2, 0.25) is 5.91 Å². The fourth-order valence-electron chi connectivity index (χ4n) is 4.14. The van der Waals surface area contributed by atoms with Crippen molar-refractivity contribution in [3.8, 4) is 0 Å². The number of hydrogen-bond acceptors (Lipinski definition) is 2. The van der Waals surface area contributed by atoms with Crippen molar-refractivity contribution in [1.29, 1.82) is 0 Å². The smallest absolute Gasteiger partial charge is 0.303 e. The van der Waals surface area contributed by atoms with Crippen molar-refractivity contribution in [3.63, 3.8) is 0 Å². The van der Waals surface area contributed by atoms with E-state index in [1.54, 1.807) is 0 Å². The first kappa shape index (κ1) is 20.4. The second kappa shape index (κ2) is 9.24. The summed E-state index contributed by atoms with van der Waals surface area (Å²) in [6, 6.07) is 13.2. The summed E-state index contributed by atoms with van der Waals surface area (Å²) < 4.78 is 0. The number of carbonyl (C=O) groups is 2. The number of benzene rings is 2. The van der Waals surface area contributed by atoms with Gasteiger partial charge in [-0.3, -0.25) is 9.59 Å². The summed E-state index contributed by atoms with van der Waals surface area (Å²) in [7, 11) is 0. The molecule has 2 aromatic carbocycles. The molecule has 4 nitrogen and oxygen atoms in total. The number of carboxylic acid groups (broad SMARTS) is 1. The topological polar surface area (TPSA) is 66.4 Å². The Morgan fingerprint density at radius 3 is 2.46 bits per heavy atom. The van der Waals surface area contributed by atoms with E-state index in [9.17, 15) is 9.59 Å². The van der Waals surface area contributed by atoms with E-state index in [0.29, 0.717) is 17.4 Å². The van der Waals surface area contributed by atoms with Gasteiger partial charge in [-0.2, -0.15) is 0 Å². The van der Waals surface area contributed by atoms with Gasteiger partial charge in [-0.1, -0.05) is 48.7 Å². The molecule has 1 amide bonds. The van der Waals surface area contributed by atoms with E-state index in [4.69, 9.17) is 16.7 Å². The van der Waals surface area contributed by atoms with Crippen LogP contribution in [-0.2, 0) is 16.0 Å². The summed E-state index contributed by atoms with van der Waals surface area (Å²) in [6.07, 6.45) is 4.95. The molecule has 1 fully saturated rings. The van der Waals surface area contributed by atoms with Gasteiger partial charge in [0.05, 0.1) is 5.92 Å². The Morgan fingerprint density at radius 1 is 1.14 bits per heavy atom. The lowest BCUT2D eigenvalue weighted by molar-refractivity contribution is -0.137. The molecule has 0 saturated heterocycles. The lowest BCUT2D eigenvalue weighted by atomic mass is 9.84. The predicted octanol–water partition coefficient (Wildman–Crippen LogP) is 5.58. The number of aryl methyl sites for hydroxylation is 1. The average molecular weight is 400 g/mol. The monoisotopic (exact) mass is 399 g/mol. The van der Waals surface area contributed by atoms with Gasteiger partial charge in [0.1, 0.15) is 0 Å². The molecule has 1 atom stereocenters. The number of carbonyl (C=O) groups excluding carboxylic acids is 1.